The molecule has 3 unspecified atom stereocenters. The second-order valence-electron chi connectivity index (χ2n) is 8.47. The predicted octanol–water partition coefficient (Wildman–Crippen LogP) is 4.80. The maximum atomic E-state index is 4.73. The number of aromatic nitrogens is 3. The van der Waals surface area contributed by atoms with E-state index in [0.29, 0.717) is 18.4 Å². The van der Waals surface area contributed by atoms with Gasteiger partial charge in [0.15, 0.2) is 0 Å². The van der Waals surface area contributed by atoms with Gasteiger partial charge in [-0.05, 0) is 42.2 Å². The third kappa shape index (κ3) is 3.97. The molecule has 6 nitrogen and oxygen atoms in total. The zero-order valence-electron chi connectivity index (χ0n) is 18.2. The Bertz CT molecular complexity index is 1180. The van der Waals surface area contributed by atoms with Crippen LogP contribution in [0.15, 0.2) is 84.3 Å². The molecular formula is C26H26N6. The summed E-state index contributed by atoms with van der Waals surface area (Å²) in [7, 11) is 0. The van der Waals surface area contributed by atoms with Crippen LogP contribution in [0.3, 0.4) is 0 Å². The highest BCUT2D eigenvalue weighted by Crippen LogP contribution is 2.37. The molecule has 160 valence electrons. The van der Waals surface area contributed by atoms with Gasteiger partial charge in [0, 0.05) is 35.5 Å². The lowest BCUT2D eigenvalue weighted by Gasteiger charge is -2.33. The van der Waals surface area contributed by atoms with E-state index >= 15 is 0 Å². The Morgan fingerprint density at radius 2 is 1.94 bits per heavy atom. The molecule has 0 radical (unpaired) electrons. The van der Waals surface area contributed by atoms with Gasteiger partial charge in [0.05, 0.1) is 24.4 Å². The van der Waals surface area contributed by atoms with Gasteiger partial charge in [0.2, 0.25) is 0 Å². The lowest BCUT2D eigenvalue weighted by atomic mass is 9.83. The fourth-order valence-corrected chi connectivity index (χ4v) is 4.30. The predicted molar refractivity (Wildman–Crippen MR) is 128 cm³/mol. The highest BCUT2D eigenvalue weighted by atomic mass is 15.2. The third-order valence-electron chi connectivity index (χ3n) is 6.25. The summed E-state index contributed by atoms with van der Waals surface area (Å²) >= 11 is 0. The van der Waals surface area contributed by atoms with Crippen molar-refractivity contribution in [2.45, 2.75) is 32.0 Å². The molecule has 6 heteroatoms. The van der Waals surface area contributed by atoms with Crippen LogP contribution in [0.25, 0.3) is 11.3 Å². The Hall–Kier alpha value is -3.64. The fraction of sp³-hybridized carbons (Fsp3) is 0.231. The average molecular weight is 423 g/mol. The van der Waals surface area contributed by atoms with Gasteiger partial charge >= 0.3 is 0 Å². The molecule has 2 aromatic heterocycles. The van der Waals surface area contributed by atoms with Crippen molar-refractivity contribution in [3.05, 3.63) is 96.0 Å². The van der Waals surface area contributed by atoms with E-state index in [4.69, 9.17) is 4.99 Å². The maximum absolute atomic E-state index is 4.73. The largest absolute Gasteiger partial charge is 0.346 e. The van der Waals surface area contributed by atoms with Crippen LogP contribution in [-0.4, -0.2) is 21.5 Å². The second kappa shape index (κ2) is 8.48. The minimum Gasteiger partial charge on any atom is -0.346 e. The number of nitrogens with zero attached hydrogens (tertiary/aromatic N) is 4. The highest BCUT2D eigenvalue weighted by Gasteiger charge is 2.30. The van der Waals surface area contributed by atoms with E-state index in [2.05, 4.69) is 88.2 Å². The summed E-state index contributed by atoms with van der Waals surface area (Å²) < 4.78 is 0. The number of benzene rings is 1. The number of aliphatic imine (C=N–C) groups is 1. The van der Waals surface area contributed by atoms with Gasteiger partial charge in [-0.15, -0.1) is 0 Å². The fourth-order valence-electron chi connectivity index (χ4n) is 4.30. The molecule has 3 aromatic rings. The molecule has 1 aliphatic carbocycles. The van der Waals surface area contributed by atoms with Gasteiger partial charge in [-0.1, -0.05) is 49.4 Å². The normalized spacial score (nSPS) is 23.6. The van der Waals surface area contributed by atoms with E-state index in [1.807, 2.05) is 18.3 Å². The molecule has 0 fully saturated rings. The van der Waals surface area contributed by atoms with Crippen LogP contribution in [0, 0.1) is 5.92 Å². The van der Waals surface area contributed by atoms with Crippen LogP contribution < -0.4 is 10.6 Å². The number of nitrogens with one attached hydrogen (secondary N) is 2. The minimum absolute atomic E-state index is 0.394. The summed E-state index contributed by atoms with van der Waals surface area (Å²) in [6.07, 6.45) is 15.9. The number of allylic oxidation sites excluding steroid dienone is 4. The van der Waals surface area contributed by atoms with Crippen LogP contribution in [0.2, 0.25) is 0 Å². The van der Waals surface area contributed by atoms with Gasteiger partial charge in [-0.3, -0.25) is 10.3 Å². The quantitative estimate of drug-likeness (QED) is 0.618. The van der Waals surface area contributed by atoms with Crippen molar-refractivity contribution in [2.24, 2.45) is 10.9 Å². The van der Waals surface area contributed by atoms with Gasteiger partial charge in [0.25, 0.3) is 0 Å². The number of rotatable bonds is 5. The van der Waals surface area contributed by atoms with E-state index in [-0.39, 0.29) is 0 Å². The van der Waals surface area contributed by atoms with Gasteiger partial charge in [0.1, 0.15) is 5.66 Å². The van der Waals surface area contributed by atoms with Crippen LogP contribution in [0.1, 0.15) is 36.5 Å². The standard InChI is InChI=1S/C26H26N6/c1-18-5-3-4-6-22(18)20-8-9-23-25(13-20)28-17-30-26(23,2)29-15-19-7-10-24(27-14-19)21-11-12-31-32-16-21/h3-14,16-18,22,29H,15H2,1-2H3,(H,28,30). The first-order valence-corrected chi connectivity index (χ1v) is 10.9. The SMILES string of the molecule is CC1C=CC=CC1c1ccc2c(c1)NC=NC2(C)NCc1ccc(-c2ccnnc2)nc1. The smallest absolute Gasteiger partial charge is 0.137 e. The molecule has 0 saturated carbocycles. The molecule has 3 heterocycles. The Morgan fingerprint density at radius 3 is 2.72 bits per heavy atom. The third-order valence-corrected chi connectivity index (χ3v) is 6.25. The summed E-state index contributed by atoms with van der Waals surface area (Å²) in [6, 6.07) is 12.7. The summed E-state index contributed by atoms with van der Waals surface area (Å²) in [5, 5.41) is 14.7. The van der Waals surface area contributed by atoms with E-state index in [9.17, 15) is 0 Å². The van der Waals surface area contributed by atoms with Crippen molar-refractivity contribution in [1.29, 1.82) is 0 Å². The van der Waals surface area contributed by atoms with Gasteiger partial charge in [-0.25, -0.2) is 4.99 Å². The molecule has 32 heavy (non-hydrogen) atoms. The molecule has 2 N–H and O–H groups in total. The molecule has 5 rings (SSSR count). The Kier molecular flexibility index (Phi) is 5.37. The number of hydrogen-bond acceptors (Lipinski definition) is 6. The molecule has 0 bridgehead atoms. The summed E-state index contributed by atoms with van der Waals surface area (Å²) in [5.41, 5.74) is 5.97. The topological polar surface area (TPSA) is 75.1 Å². The number of pyridine rings is 1. The number of fused-ring (bicyclic) bond motifs is 1. The highest BCUT2D eigenvalue weighted by molar-refractivity contribution is 5.81. The molecule has 0 amide bonds. The van der Waals surface area contributed by atoms with Crippen molar-refractivity contribution in [3.63, 3.8) is 0 Å². The summed E-state index contributed by atoms with van der Waals surface area (Å²) in [5.74, 6) is 0.878. The molecule has 1 aliphatic heterocycles. The zero-order valence-corrected chi connectivity index (χ0v) is 18.2. The molecule has 0 spiro atoms. The number of hydrogen-bond donors (Lipinski definition) is 2. The van der Waals surface area contributed by atoms with Crippen LogP contribution >= 0.6 is 0 Å². The minimum atomic E-state index is -0.513. The summed E-state index contributed by atoms with van der Waals surface area (Å²) in [6.45, 7) is 5.03. The lowest BCUT2D eigenvalue weighted by Crippen LogP contribution is -2.40. The van der Waals surface area contributed by atoms with Gasteiger partial charge < -0.3 is 5.32 Å². The molecule has 2 aliphatic rings. The van der Waals surface area contributed by atoms with Crippen LogP contribution in [0.5, 0.6) is 0 Å². The van der Waals surface area contributed by atoms with Crippen molar-refractivity contribution < 1.29 is 0 Å². The Balaban J connectivity index is 1.32. The number of anilines is 1. The van der Waals surface area contributed by atoms with Crippen molar-refractivity contribution in [1.82, 2.24) is 20.5 Å². The Morgan fingerprint density at radius 1 is 1.03 bits per heavy atom. The van der Waals surface area contributed by atoms with E-state index in [1.54, 1.807) is 18.7 Å². The van der Waals surface area contributed by atoms with E-state index in [1.165, 1.54) is 5.56 Å². The molecule has 3 atom stereocenters. The van der Waals surface area contributed by atoms with Gasteiger partial charge in [-0.2, -0.15) is 10.2 Å². The van der Waals surface area contributed by atoms with Crippen LogP contribution in [0.4, 0.5) is 5.69 Å². The average Bonchev–Trinajstić information content (AvgIpc) is 2.84. The Labute approximate surface area is 188 Å². The van der Waals surface area contributed by atoms with Crippen molar-refractivity contribution in [3.8, 4) is 11.3 Å². The first kappa shape index (κ1) is 20.3. The zero-order chi connectivity index (χ0) is 22.0. The first-order valence-electron chi connectivity index (χ1n) is 10.9. The lowest BCUT2D eigenvalue weighted by molar-refractivity contribution is 0.381. The molecule has 1 aromatic carbocycles. The second-order valence-corrected chi connectivity index (χ2v) is 8.47. The van der Waals surface area contributed by atoms with Crippen molar-refractivity contribution in [2.75, 3.05) is 5.32 Å². The van der Waals surface area contributed by atoms with E-state index < -0.39 is 5.66 Å². The van der Waals surface area contributed by atoms with Crippen LogP contribution in [-0.2, 0) is 12.2 Å². The van der Waals surface area contributed by atoms with Crippen molar-refractivity contribution >= 4 is 12.0 Å². The molecule has 0 saturated heterocycles. The summed E-state index contributed by atoms with van der Waals surface area (Å²) in [4.78, 5) is 9.31. The molecular weight excluding hydrogens is 396 g/mol. The van der Waals surface area contributed by atoms with E-state index in [0.717, 1.165) is 28.1 Å². The maximum Gasteiger partial charge on any atom is 0.137 e. The first-order chi connectivity index (χ1) is 15.6. The monoisotopic (exact) mass is 422 g/mol.